The summed E-state index contributed by atoms with van der Waals surface area (Å²) in [6, 6.07) is 0. The van der Waals surface area contributed by atoms with Crippen molar-refractivity contribution in [2.45, 2.75) is 131 Å². The molecule has 3 nitrogen and oxygen atoms in total. The van der Waals surface area contributed by atoms with Crippen LogP contribution in [0.15, 0.2) is 11.6 Å². The zero-order chi connectivity index (χ0) is 26.6. The maximum atomic E-state index is 7.00. The summed E-state index contributed by atoms with van der Waals surface area (Å²) in [4.78, 5) is 0. The van der Waals surface area contributed by atoms with Crippen molar-refractivity contribution in [3.63, 3.8) is 0 Å². The number of hydrogen-bond donors (Lipinski definition) is 0. The topological polar surface area (TPSA) is 27.7 Å². The van der Waals surface area contributed by atoms with Crippen LogP contribution < -0.4 is 0 Å². The maximum absolute atomic E-state index is 7.00. The SMILES string of the molecule is C[C@H]1CC[C@@]2(OC1)O[C@H]1C[C@@H]3[C@](C)(CC=C4[C@@]5(C)CC[C@H](OC(=[Te])C(C)(C)C)C[C@@H]5CC[C@]43C)[C@H]1[C@@H]2C. The van der Waals surface area contributed by atoms with E-state index in [1.165, 1.54) is 55.1 Å². The Morgan fingerprint density at radius 1 is 1.00 bits per heavy atom. The molecule has 0 aromatic rings. The number of hydrogen-bond acceptors (Lipinski definition) is 3. The first-order valence-corrected chi connectivity index (χ1v) is 16.6. The van der Waals surface area contributed by atoms with Gasteiger partial charge in [0.05, 0.1) is 6.61 Å². The van der Waals surface area contributed by atoms with Crippen molar-refractivity contribution < 1.29 is 14.2 Å². The summed E-state index contributed by atoms with van der Waals surface area (Å²) in [5.41, 5.74) is 2.91. The minimum absolute atomic E-state index is 0.131. The van der Waals surface area contributed by atoms with Crippen LogP contribution >= 0.6 is 0 Å². The normalized spacial score (nSPS) is 53.1. The molecule has 0 aromatic carbocycles. The number of ether oxygens (including phenoxy) is 3. The Morgan fingerprint density at radius 3 is 2.41 bits per heavy atom. The predicted octanol–water partition coefficient (Wildman–Crippen LogP) is 7.47. The van der Waals surface area contributed by atoms with Crippen LogP contribution in [0.1, 0.15) is 113 Å². The average molecular weight is 624 g/mol. The number of rotatable bonds is 2. The monoisotopic (exact) mass is 626 g/mol. The molecular weight excluding hydrogens is 572 g/mol. The Balaban J connectivity index is 1.24. The van der Waals surface area contributed by atoms with Gasteiger partial charge < -0.3 is 4.74 Å². The van der Waals surface area contributed by atoms with Gasteiger partial charge >= 0.3 is 191 Å². The van der Waals surface area contributed by atoms with Crippen molar-refractivity contribution in [1.82, 2.24) is 0 Å². The van der Waals surface area contributed by atoms with Gasteiger partial charge in [-0.15, -0.1) is 0 Å². The molecule has 11 atom stereocenters. The van der Waals surface area contributed by atoms with Crippen LogP contribution in [0.3, 0.4) is 0 Å². The molecule has 4 heteroatoms. The van der Waals surface area contributed by atoms with Gasteiger partial charge in [-0.05, 0) is 12.3 Å². The van der Waals surface area contributed by atoms with Gasteiger partial charge in [0.25, 0.3) is 0 Å². The summed E-state index contributed by atoms with van der Waals surface area (Å²) in [6.07, 6.45) is 14.7. The smallest absolute Gasteiger partial charge is 0.0570 e. The van der Waals surface area contributed by atoms with Crippen molar-refractivity contribution in [3.8, 4) is 0 Å². The molecule has 3 saturated carbocycles. The summed E-state index contributed by atoms with van der Waals surface area (Å²) >= 11 is 2.11. The van der Waals surface area contributed by atoms with Gasteiger partial charge in [0.2, 0.25) is 0 Å². The van der Waals surface area contributed by atoms with Gasteiger partial charge in [0.1, 0.15) is 0 Å². The molecule has 6 aliphatic rings. The van der Waals surface area contributed by atoms with Crippen molar-refractivity contribution in [2.24, 2.45) is 51.2 Å². The summed E-state index contributed by atoms with van der Waals surface area (Å²) in [6.45, 7) is 20.4. The minimum atomic E-state index is -0.314. The summed E-state index contributed by atoms with van der Waals surface area (Å²) in [7, 11) is 0. The first kappa shape index (κ1) is 27.3. The van der Waals surface area contributed by atoms with Crippen LogP contribution in [-0.2, 0) is 14.2 Å². The summed E-state index contributed by atoms with van der Waals surface area (Å²) < 4.78 is 21.3. The van der Waals surface area contributed by atoms with Crippen LogP contribution in [0.25, 0.3) is 0 Å². The fraction of sp³-hybridized carbons (Fsp3) is 0.909. The van der Waals surface area contributed by atoms with E-state index in [1.807, 2.05) is 5.57 Å². The average Bonchev–Trinajstić information content (AvgIpc) is 3.27. The minimum Gasteiger partial charge on any atom is -0.0570 e. The van der Waals surface area contributed by atoms with E-state index in [9.17, 15) is 0 Å². The number of allylic oxidation sites excluding steroid dienone is 2. The van der Waals surface area contributed by atoms with E-state index in [4.69, 9.17) is 14.2 Å². The Labute approximate surface area is 239 Å². The quantitative estimate of drug-likeness (QED) is 0.236. The molecule has 6 rings (SSSR count). The zero-order valence-electron chi connectivity index (χ0n) is 24.8. The molecule has 0 amide bonds. The summed E-state index contributed by atoms with van der Waals surface area (Å²) in [5, 5.41) is 0. The van der Waals surface area contributed by atoms with Crippen LogP contribution in [-0.4, -0.2) is 50.2 Å². The van der Waals surface area contributed by atoms with Crippen LogP contribution in [0.5, 0.6) is 0 Å². The standard InChI is InChI=1S/C33H52O3Te/c1-20-9-16-33(34-19-20)21(2)27-24(36-33)18-26-31(7)13-10-22-17-23(35-28(37)29(3,4)5)11-14-30(22,6)25(31)12-15-32(26,27)8/h12,20-24,26-27H,9-11,13-19H2,1-8H3/t20-,21-,22-,23-,24-,26-,27-,30-,31+,32-,33+/m0/s1. The molecule has 2 aliphatic heterocycles. The molecule has 0 aromatic heterocycles. The van der Waals surface area contributed by atoms with Crippen molar-refractivity contribution in [1.29, 1.82) is 0 Å². The van der Waals surface area contributed by atoms with Gasteiger partial charge in [-0.3, -0.25) is 0 Å². The predicted molar refractivity (Wildman–Crippen MR) is 151 cm³/mol. The van der Waals surface area contributed by atoms with Crippen molar-refractivity contribution in [3.05, 3.63) is 11.6 Å². The fourth-order valence-electron chi connectivity index (χ4n) is 10.6. The first-order valence-electron chi connectivity index (χ1n) is 15.5. The van der Waals surface area contributed by atoms with Gasteiger partial charge in [-0.1, -0.05) is 13.8 Å². The molecule has 0 unspecified atom stereocenters. The van der Waals surface area contributed by atoms with Gasteiger partial charge in [-0.2, -0.15) is 0 Å². The molecule has 0 bridgehead atoms. The van der Waals surface area contributed by atoms with Crippen LogP contribution in [0.4, 0.5) is 0 Å². The Kier molecular flexibility index (Phi) is 6.50. The van der Waals surface area contributed by atoms with Crippen molar-refractivity contribution in [2.75, 3.05) is 6.61 Å². The fourth-order valence-corrected chi connectivity index (χ4v) is 10.9. The second-order valence-corrected chi connectivity index (χ2v) is 17.0. The third kappa shape index (κ3) is 3.95. The third-order valence-electron chi connectivity index (χ3n) is 12.7. The third-order valence-corrected chi connectivity index (χ3v) is 14.7. The Morgan fingerprint density at radius 2 is 1.73 bits per heavy atom. The van der Waals surface area contributed by atoms with E-state index in [0.717, 1.165) is 24.9 Å². The van der Waals surface area contributed by atoms with Crippen LogP contribution in [0.2, 0.25) is 0 Å². The van der Waals surface area contributed by atoms with Gasteiger partial charge in [-0.25, -0.2) is 0 Å². The molecule has 5 fully saturated rings. The molecule has 0 radical (unpaired) electrons. The summed E-state index contributed by atoms with van der Waals surface area (Å²) in [5.74, 6) is 2.93. The van der Waals surface area contributed by atoms with Gasteiger partial charge in [0, 0.05) is 6.42 Å². The molecule has 0 N–H and O–H groups in total. The molecule has 2 heterocycles. The molecule has 208 valence electrons. The van der Waals surface area contributed by atoms with E-state index < -0.39 is 0 Å². The number of fused-ring (bicyclic) bond motifs is 7. The second kappa shape index (κ2) is 8.81. The molecular formula is C33H52O3Te. The first-order chi connectivity index (χ1) is 17.2. The molecule has 37 heavy (non-hydrogen) atoms. The Bertz CT molecular complexity index is 973. The van der Waals surface area contributed by atoms with E-state index in [0.29, 0.717) is 46.2 Å². The second-order valence-electron chi connectivity index (χ2n) is 16.0. The van der Waals surface area contributed by atoms with E-state index in [-0.39, 0.29) is 11.2 Å². The Hall–Kier alpha value is 0.120. The molecule has 4 aliphatic carbocycles. The van der Waals surface area contributed by atoms with Crippen molar-refractivity contribution >= 4 is 25.6 Å². The van der Waals surface area contributed by atoms with E-state index in [2.05, 4.69) is 83.3 Å². The molecule has 2 saturated heterocycles. The van der Waals surface area contributed by atoms with Gasteiger partial charge in [0.15, 0.2) is 5.79 Å². The van der Waals surface area contributed by atoms with E-state index in [1.54, 1.807) is 0 Å². The van der Waals surface area contributed by atoms with Crippen LogP contribution in [0, 0.1) is 51.2 Å². The van der Waals surface area contributed by atoms with E-state index >= 15 is 0 Å². The molecule has 1 spiro atoms. The zero-order valence-corrected chi connectivity index (χ0v) is 27.2.